The second kappa shape index (κ2) is 6.61. The fraction of sp³-hybridized carbons (Fsp3) is 0.429. The van der Waals surface area contributed by atoms with Crippen LogP contribution in [0.5, 0.6) is 0 Å². The van der Waals surface area contributed by atoms with Crippen molar-refractivity contribution < 1.29 is 13.9 Å². The number of hydrogen-bond acceptors (Lipinski definition) is 3. The van der Waals surface area contributed by atoms with Crippen molar-refractivity contribution in [3.8, 4) is 0 Å². The van der Waals surface area contributed by atoms with Gasteiger partial charge in [-0.2, -0.15) is 0 Å². The topological polar surface area (TPSA) is 39.2 Å². The summed E-state index contributed by atoms with van der Waals surface area (Å²) >= 11 is 0. The van der Waals surface area contributed by atoms with Gasteiger partial charge in [-0.15, -0.1) is 0 Å². The Morgan fingerprint density at radius 2 is 2.11 bits per heavy atom. The van der Waals surface area contributed by atoms with E-state index in [0.29, 0.717) is 12.3 Å². The molecule has 19 heavy (non-hydrogen) atoms. The molecule has 0 fully saturated rings. The molecular weight excluding hydrogens is 261 g/mol. The lowest BCUT2D eigenvalue weighted by atomic mass is 10.2. The van der Waals surface area contributed by atoms with Crippen molar-refractivity contribution in [3.63, 3.8) is 0 Å². The molecule has 0 N–H and O–H groups in total. The molecule has 0 bridgehead atoms. The van der Waals surface area contributed by atoms with Gasteiger partial charge in [0.15, 0.2) is 0 Å². The molecule has 0 unspecified atom stereocenters. The smallest absolute Gasteiger partial charge is 0.330 e. The number of halogens is 1. The van der Waals surface area contributed by atoms with E-state index in [9.17, 15) is 9.18 Å². The Hall–Kier alpha value is -1.49. The van der Waals surface area contributed by atoms with Crippen molar-refractivity contribution in [2.45, 2.75) is 33.2 Å². The maximum absolute atomic E-state index is 12.7. The van der Waals surface area contributed by atoms with E-state index in [4.69, 9.17) is 4.74 Å². The molecule has 1 aromatic heterocycles. The lowest BCUT2D eigenvalue weighted by Gasteiger charge is -2.18. The SMILES string of the molecule is CCOC(=O)/C=C/c1ccc(CF)nc1[Si](C)(C)C. The molecule has 0 aliphatic heterocycles. The third-order valence-electron chi connectivity index (χ3n) is 2.52. The van der Waals surface area contributed by atoms with Crippen LogP contribution in [-0.2, 0) is 16.2 Å². The molecule has 0 amide bonds. The molecule has 5 heteroatoms. The number of esters is 1. The van der Waals surface area contributed by atoms with Gasteiger partial charge in [-0.1, -0.05) is 25.7 Å². The first kappa shape index (κ1) is 15.6. The van der Waals surface area contributed by atoms with E-state index in [-0.39, 0.29) is 5.97 Å². The van der Waals surface area contributed by atoms with Crippen LogP contribution in [0.4, 0.5) is 4.39 Å². The van der Waals surface area contributed by atoms with Crippen LogP contribution in [0.2, 0.25) is 19.6 Å². The molecule has 0 aliphatic rings. The highest BCUT2D eigenvalue weighted by Gasteiger charge is 2.21. The summed E-state index contributed by atoms with van der Waals surface area (Å²) in [6, 6.07) is 3.46. The molecule has 0 radical (unpaired) electrons. The van der Waals surface area contributed by atoms with Crippen LogP contribution in [0.3, 0.4) is 0 Å². The molecule has 1 heterocycles. The Balaban J connectivity index is 3.10. The Morgan fingerprint density at radius 3 is 2.63 bits per heavy atom. The van der Waals surface area contributed by atoms with Crippen molar-refractivity contribution in [3.05, 3.63) is 29.5 Å². The fourth-order valence-electron chi connectivity index (χ4n) is 1.67. The van der Waals surface area contributed by atoms with Crippen LogP contribution in [0, 0.1) is 0 Å². The summed E-state index contributed by atoms with van der Waals surface area (Å²) in [4.78, 5) is 15.7. The maximum atomic E-state index is 12.7. The van der Waals surface area contributed by atoms with E-state index < -0.39 is 14.7 Å². The average Bonchev–Trinajstić information content (AvgIpc) is 2.35. The van der Waals surface area contributed by atoms with Crippen molar-refractivity contribution in [1.29, 1.82) is 0 Å². The van der Waals surface area contributed by atoms with Crippen LogP contribution < -0.4 is 5.32 Å². The van der Waals surface area contributed by atoms with Crippen molar-refractivity contribution >= 4 is 25.4 Å². The molecular formula is C14H20FNO2Si. The minimum atomic E-state index is -1.70. The zero-order valence-electron chi connectivity index (χ0n) is 11.9. The largest absolute Gasteiger partial charge is 0.463 e. The van der Waals surface area contributed by atoms with Gasteiger partial charge < -0.3 is 4.74 Å². The third-order valence-corrected chi connectivity index (χ3v) is 4.34. The second-order valence-corrected chi connectivity index (χ2v) is 10.2. The number of pyridine rings is 1. The van der Waals surface area contributed by atoms with Gasteiger partial charge in [0.2, 0.25) is 0 Å². The summed E-state index contributed by atoms with van der Waals surface area (Å²) < 4.78 is 17.5. The predicted molar refractivity (Wildman–Crippen MR) is 77.7 cm³/mol. The standard InChI is InChI=1S/C14H20FNO2Si/c1-5-18-13(17)9-7-11-6-8-12(10-15)16-14(11)19(2,3)4/h6-9H,5,10H2,1-4H3/b9-7+. The molecule has 0 spiro atoms. The highest BCUT2D eigenvalue weighted by atomic mass is 28.3. The Morgan fingerprint density at radius 1 is 1.42 bits per heavy atom. The minimum Gasteiger partial charge on any atom is -0.463 e. The zero-order chi connectivity index (χ0) is 14.5. The summed E-state index contributed by atoms with van der Waals surface area (Å²) in [5.41, 5.74) is 1.30. The van der Waals surface area contributed by atoms with Gasteiger partial charge in [0.25, 0.3) is 0 Å². The van der Waals surface area contributed by atoms with Gasteiger partial charge in [-0.3, -0.25) is 4.98 Å². The number of nitrogens with zero attached hydrogens (tertiary/aromatic N) is 1. The minimum absolute atomic E-state index is 0.350. The summed E-state index contributed by atoms with van der Waals surface area (Å²) in [7, 11) is -1.70. The first-order valence-electron chi connectivity index (χ1n) is 6.29. The molecule has 1 rings (SSSR count). The van der Waals surface area contributed by atoms with Crippen molar-refractivity contribution in [2.24, 2.45) is 0 Å². The highest BCUT2D eigenvalue weighted by Crippen LogP contribution is 2.09. The van der Waals surface area contributed by atoms with Gasteiger partial charge in [0.05, 0.1) is 12.3 Å². The first-order valence-corrected chi connectivity index (χ1v) is 9.79. The molecule has 0 aliphatic carbocycles. The molecule has 3 nitrogen and oxygen atoms in total. The summed E-state index contributed by atoms with van der Waals surface area (Å²) in [6.07, 6.45) is 3.08. The number of ether oxygens (including phenoxy) is 1. The van der Waals surface area contributed by atoms with Gasteiger partial charge in [0, 0.05) is 11.4 Å². The monoisotopic (exact) mass is 281 g/mol. The van der Waals surface area contributed by atoms with Gasteiger partial charge in [0.1, 0.15) is 14.7 Å². The molecule has 0 saturated carbocycles. The van der Waals surface area contributed by atoms with Gasteiger partial charge in [-0.05, 0) is 24.6 Å². The lowest BCUT2D eigenvalue weighted by molar-refractivity contribution is -0.137. The zero-order valence-corrected chi connectivity index (χ0v) is 12.9. The Bertz CT molecular complexity index is 481. The fourth-order valence-corrected chi connectivity index (χ4v) is 3.18. The lowest BCUT2D eigenvalue weighted by Crippen LogP contribution is -2.42. The van der Waals surface area contributed by atoms with E-state index in [1.807, 2.05) is 6.07 Å². The molecule has 1 aromatic rings. The van der Waals surface area contributed by atoms with E-state index in [2.05, 4.69) is 24.6 Å². The van der Waals surface area contributed by atoms with Crippen molar-refractivity contribution in [2.75, 3.05) is 6.61 Å². The molecule has 0 atom stereocenters. The number of rotatable bonds is 5. The Labute approximate surface area is 114 Å². The van der Waals surface area contributed by atoms with Crippen LogP contribution in [0.15, 0.2) is 18.2 Å². The summed E-state index contributed by atoms with van der Waals surface area (Å²) in [5.74, 6) is -0.376. The molecule has 0 aromatic carbocycles. The number of alkyl halides is 1. The summed E-state index contributed by atoms with van der Waals surface area (Å²) in [5, 5.41) is 0.906. The van der Waals surface area contributed by atoms with Crippen LogP contribution in [0.25, 0.3) is 6.08 Å². The van der Waals surface area contributed by atoms with Crippen LogP contribution in [-0.4, -0.2) is 25.6 Å². The number of aromatic nitrogens is 1. The van der Waals surface area contributed by atoms with Crippen LogP contribution in [0.1, 0.15) is 18.2 Å². The number of carbonyl (C=O) groups is 1. The summed E-state index contributed by atoms with van der Waals surface area (Å²) in [6.45, 7) is 7.95. The van der Waals surface area contributed by atoms with E-state index in [1.54, 1.807) is 19.1 Å². The Kier molecular flexibility index (Phi) is 5.41. The number of carbonyl (C=O) groups excluding carboxylic acids is 1. The molecule has 104 valence electrons. The highest BCUT2D eigenvalue weighted by molar-refractivity contribution is 6.88. The maximum Gasteiger partial charge on any atom is 0.330 e. The van der Waals surface area contributed by atoms with E-state index in [1.165, 1.54) is 6.08 Å². The van der Waals surface area contributed by atoms with Crippen LogP contribution >= 0.6 is 0 Å². The second-order valence-electron chi connectivity index (χ2n) is 5.21. The predicted octanol–water partition coefficient (Wildman–Crippen LogP) is 2.67. The van der Waals surface area contributed by atoms with Gasteiger partial charge in [-0.25, -0.2) is 9.18 Å². The van der Waals surface area contributed by atoms with Crippen molar-refractivity contribution in [1.82, 2.24) is 4.98 Å². The van der Waals surface area contributed by atoms with Gasteiger partial charge >= 0.3 is 5.97 Å². The normalized spacial score (nSPS) is 11.8. The average molecular weight is 281 g/mol. The number of hydrogen-bond donors (Lipinski definition) is 0. The van der Waals surface area contributed by atoms with E-state index >= 15 is 0 Å². The van der Waals surface area contributed by atoms with E-state index in [0.717, 1.165) is 10.9 Å². The third kappa shape index (κ3) is 4.59. The molecule has 0 saturated heterocycles. The first-order chi connectivity index (χ1) is 8.88. The quantitative estimate of drug-likeness (QED) is 0.473.